The molecule has 0 aliphatic heterocycles. The summed E-state index contributed by atoms with van der Waals surface area (Å²) in [6.07, 6.45) is 2.10. The summed E-state index contributed by atoms with van der Waals surface area (Å²) in [5.41, 5.74) is 2.09. The molecular weight excluding hydrogens is 300 g/mol. The van der Waals surface area contributed by atoms with E-state index in [0.29, 0.717) is 5.75 Å². The van der Waals surface area contributed by atoms with Gasteiger partial charge in [0.05, 0.1) is 11.4 Å². The number of thiazole rings is 1. The first-order valence-electron chi connectivity index (χ1n) is 7.12. The van der Waals surface area contributed by atoms with Gasteiger partial charge in [0.25, 0.3) is 0 Å². The predicted octanol–water partition coefficient (Wildman–Crippen LogP) is 4.21. The molecule has 1 heterocycles. The van der Waals surface area contributed by atoms with Crippen LogP contribution in [0.5, 0.6) is 0 Å². The average Bonchev–Trinajstić information content (AvgIpc) is 2.95. The zero-order valence-electron chi connectivity index (χ0n) is 12.3. The molecule has 0 aliphatic rings. The summed E-state index contributed by atoms with van der Waals surface area (Å²) in [4.78, 5) is 16.4. The first-order chi connectivity index (χ1) is 10.2. The van der Waals surface area contributed by atoms with Gasteiger partial charge in [-0.2, -0.15) is 0 Å². The third kappa shape index (κ3) is 5.17. The second-order valence-electron chi connectivity index (χ2n) is 4.91. The molecule has 3 nitrogen and oxygen atoms in total. The predicted molar refractivity (Wildman–Crippen MR) is 90.8 cm³/mol. The molecule has 0 aliphatic carbocycles. The minimum atomic E-state index is 0.0809. The lowest BCUT2D eigenvalue weighted by molar-refractivity contribution is -0.119. The minimum absolute atomic E-state index is 0.0809. The fraction of sp³-hybridized carbons (Fsp3) is 0.375. The Bertz CT molecular complexity index is 569. The highest BCUT2D eigenvalue weighted by atomic mass is 32.2. The van der Waals surface area contributed by atoms with Crippen LogP contribution in [0.2, 0.25) is 0 Å². The minimum Gasteiger partial charge on any atom is -0.353 e. The summed E-state index contributed by atoms with van der Waals surface area (Å²) >= 11 is 3.09. The lowest BCUT2D eigenvalue weighted by Crippen LogP contribution is -2.33. The topological polar surface area (TPSA) is 42.0 Å². The maximum atomic E-state index is 11.8. The van der Waals surface area contributed by atoms with Gasteiger partial charge >= 0.3 is 0 Å². The molecule has 112 valence electrons. The van der Waals surface area contributed by atoms with Crippen molar-refractivity contribution in [3.8, 4) is 11.3 Å². The van der Waals surface area contributed by atoms with Gasteiger partial charge < -0.3 is 5.32 Å². The maximum absolute atomic E-state index is 11.8. The number of nitrogens with zero attached hydrogens (tertiary/aromatic N) is 1. The Labute approximate surface area is 134 Å². The zero-order valence-corrected chi connectivity index (χ0v) is 14.0. The van der Waals surface area contributed by atoms with Gasteiger partial charge in [-0.05, 0) is 13.3 Å². The van der Waals surface area contributed by atoms with Crippen LogP contribution in [0.4, 0.5) is 0 Å². The number of carbonyl (C=O) groups is 1. The molecule has 0 bridgehead atoms. The Balaban J connectivity index is 1.84. The fourth-order valence-corrected chi connectivity index (χ4v) is 3.66. The van der Waals surface area contributed by atoms with Gasteiger partial charge in [-0.25, -0.2) is 4.98 Å². The Morgan fingerprint density at radius 3 is 2.86 bits per heavy atom. The Morgan fingerprint density at radius 2 is 2.14 bits per heavy atom. The molecule has 0 spiro atoms. The smallest absolute Gasteiger partial charge is 0.230 e. The van der Waals surface area contributed by atoms with Crippen LogP contribution < -0.4 is 5.32 Å². The number of benzene rings is 1. The third-order valence-corrected chi connectivity index (χ3v) is 5.03. The second-order valence-corrected chi connectivity index (χ2v) is 6.99. The molecular formula is C16H20N2OS2. The first kappa shape index (κ1) is 16.0. The Morgan fingerprint density at radius 1 is 1.38 bits per heavy atom. The van der Waals surface area contributed by atoms with Crippen LogP contribution in [0.25, 0.3) is 11.3 Å². The van der Waals surface area contributed by atoms with Crippen molar-refractivity contribution in [2.75, 3.05) is 5.75 Å². The average molecular weight is 320 g/mol. The second kappa shape index (κ2) is 8.20. The number of aromatic nitrogens is 1. The third-order valence-electron chi connectivity index (χ3n) is 3.01. The van der Waals surface area contributed by atoms with Crippen LogP contribution >= 0.6 is 23.1 Å². The molecule has 1 amide bonds. The van der Waals surface area contributed by atoms with E-state index in [9.17, 15) is 4.79 Å². The fourth-order valence-electron chi connectivity index (χ4n) is 2.01. The van der Waals surface area contributed by atoms with Gasteiger partial charge in [-0.3, -0.25) is 4.79 Å². The molecule has 0 saturated carbocycles. The van der Waals surface area contributed by atoms with Gasteiger partial charge in [0.1, 0.15) is 0 Å². The zero-order chi connectivity index (χ0) is 15.1. The van der Waals surface area contributed by atoms with Gasteiger partial charge in [0.2, 0.25) is 5.91 Å². The van der Waals surface area contributed by atoms with Gasteiger partial charge in [-0.1, -0.05) is 55.4 Å². The highest BCUT2D eigenvalue weighted by Crippen LogP contribution is 2.27. The van der Waals surface area contributed by atoms with E-state index in [1.54, 1.807) is 11.3 Å². The quantitative estimate of drug-likeness (QED) is 0.777. The number of hydrogen-bond donors (Lipinski definition) is 1. The number of thioether (sulfide) groups is 1. The van der Waals surface area contributed by atoms with Gasteiger partial charge in [-0.15, -0.1) is 11.3 Å². The van der Waals surface area contributed by atoms with Crippen LogP contribution in [0.1, 0.15) is 26.7 Å². The van der Waals surface area contributed by atoms with Crippen molar-refractivity contribution >= 4 is 29.0 Å². The van der Waals surface area contributed by atoms with Crippen molar-refractivity contribution in [2.45, 2.75) is 37.1 Å². The number of carbonyl (C=O) groups excluding carboxylic acids is 1. The SMILES string of the molecule is CCC[C@H](C)NC(=O)CSc1nc(-c2ccccc2)cs1. The summed E-state index contributed by atoms with van der Waals surface area (Å²) in [6, 6.07) is 10.3. The van der Waals surface area contributed by atoms with Crippen molar-refractivity contribution in [1.82, 2.24) is 10.3 Å². The van der Waals surface area contributed by atoms with E-state index in [4.69, 9.17) is 0 Å². The molecule has 1 N–H and O–H groups in total. The van der Waals surface area contributed by atoms with Crippen molar-refractivity contribution in [1.29, 1.82) is 0 Å². The van der Waals surface area contributed by atoms with E-state index >= 15 is 0 Å². The molecule has 0 fully saturated rings. The molecule has 0 unspecified atom stereocenters. The molecule has 21 heavy (non-hydrogen) atoms. The highest BCUT2D eigenvalue weighted by Gasteiger charge is 2.09. The Kier molecular flexibility index (Phi) is 6.26. The molecule has 1 aromatic carbocycles. The van der Waals surface area contributed by atoms with Gasteiger partial charge in [0, 0.05) is 17.0 Å². The van der Waals surface area contributed by atoms with Crippen LogP contribution in [0.15, 0.2) is 40.1 Å². The summed E-state index contributed by atoms with van der Waals surface area (Å²) in [7, 11) is 0. The number of rotatable bonds is 7. The summed E-state index contributed by atoms with van der Waals surface area (Å²) in [6.45, 7) is 4.17. The molecule has 2 aromatic rings. The molecule has 1 atom stereocenters. The van der Waals surface area contributed by atoms with Crippen molar-refractivity contribution in [3.63, 3.8) is 0 Å². The van der Waals surface area contributed by atoms with Crippen molar-refractivity contribution < 1.29 is 4.79 Å². The van der Waals surface area contributed by atoms with E-state index in [-0.39, 0.29) is 11.9 Å². The van der Waals surface area contributed by atoms with Crippen LogP contribution in [0.3, 0.4) is 0 Å². The molecule has 1 aromatic heterocycles. The number of nitrogens with one attached hydrogen (secondary N) is 1. The number of amides is 1. The lowest BCUT2D eigenvalue weighted by Gasteiger charge is -2.11. The normalized spacial score (nSPS) is 12.1. The largest absolute Gasteiger partial charge is 0.353 e. The first-order valence-corrected chi connectivity index (χ1v) is 8.98. The molecule has 5 heteroatoms. The lowest BCUT2D eigenvalue weighted by atomic mass is 10.2. The Hall–Kier alpha value is -1.33. The van der Waals surface area contributed by atoms with Crippen molar-refractivity contribution in [2.24, 2.45) is 0 Å². The van der Waals surface area contributed by atoms with E-state index in [1.807, 2.05) is 42.6 Å². The van der Waals surface area contributed by atoms with Crippen LogP contribution in [-0.2, 0) is 4.79 Å². The van der Waals surface area contributed by atoms with Crippen LogP contribution in [0, 0.1) is 0 Å². The summed E-state index contributed by atoms with van der Waals surface area (Å²) < 4.78 is 0.937. The van der Waals surface area contributed by atoms with Gasteiger partial charge in [0.15, 0.2) is 4.34 Å². The van der Waals surface area contributed by atoms with E-state index in [1.165, 1.54) is 11.8 Å². The van der Waals surface area contributed by atoms with Crippen molar-refractivity contribution in [3.05, 3.63) is 35.7 Å². The van der Waals surface area contributed by atoms with E-state index in [2.05, 4.69) is 17.2 Å². The number of hydrogen-bond acceptors (Lipinski definition) is 4. The summed E-state index contributed by atoms with van der Waals surface area (Å²) in [5.74, 6) is 0.507. The highest BCUT2D eigenvalue weighted by molar-refractivity contribution is 8.01. The van der Waals surface area contributed by atoms with E-state index in [0.717, 1.165) is 28.4 Å². The summed E-state index contributed by atoms with van der Waals surface area (Å²) in [5, 5.41) is 5.04. The molecule has 0 saturated heterocycles. The van der Waals surface area contributed by atoms with Crippen LogP contribution in [-0.4, -0.2) is 22.7 Å². The monoisotopic (exact) mass is 320 g/mol. The standard InChI is InChI=1S/C16H20N2OS2/c1-3-7-12(2)17-15(19)11-21-16-18-14(10-20-16)13-8-5-4-6-9-13/h4-6,8-10,12H,3,7,11H2,1-2H3,(H,17,19)/t12-/m0/s1. The molecule has 2 rings (SSSR count). The molecule has 0 radical (unpaired) electrons. The maximum Gasteiger partial charge on any atom is 0.230 e. The van der Waals surface area contributed by atoms with E-state index < -0.39 is 0 Å².